The van der Waals surface area contributed by atoms with Crippen molar-refractivity contribution in [2.45, 2.75) is 100 Å². The quantitative estimate of drug-likeness (QED) is 0.304. The number of carbonyl (C=O) groups excluding carboxylic acids is 1. The van der Waals surface area contributed by atoms with Gasteiger partial charge in [-0.2, -0.15) is 0 Å². The number of nitrogens with zero attached hydrogens (tertiary/aromatic N) is 3. The Morgan fingerprint density at radius 3 is 2.46 bits per heavy atom. The van der Waals surface area contributed by atoms with Gasteiger partial charge in [0.2, 0.25) is 10.0 Å². The number of fused-ring (bicyclic) bond motifs is 3. The van der Waals surface area contributed by atoms with Crippen molar-refractivity contribution >= 4 is 27.0 Å². The Kier molecular flexibility index (Phi) is 8.40. The molecule has 2 aliphatic heterocycles. The van der Waals surface area contributed by atoms with Crippen LogP contribution in [0.4, 0.5) is 4.39 Å². The summed E-state index contributed by atoms with van der Waals surface area (Å²) >= 11 is 0. The molecule has 4 aliphatic rings. The highest BCUT2D eigenvalue weighted by molar-refractivity contribution is 7.89. The fourth-order valence-corrected chi connectivity index (χ4v) is 9.62. The first-order chi connectivity index (χ1) is 22.1. The highest BCUT2D eigenvalue weighted by atomic mass is 32.2. The number of hydrogen-bond donors (Lipinski definition) is 2. The minimum atomic E-state index is -4.05. The van der Waals surface area contributed by atoms with Crippen LogP contribution < -0.4 is 10.5 Å². The van der Waals surface area contributed by atoms with Gasteiger partial charge in [0.1, 0.15) is 11.6 Å². The lowest BCUT2D eigenvalue weighted by molar-refractivity contribution is 0.0464. The number of halogens is 1. The number of nitrogens with two attached hydrogens (primary N) is 1. The zero-order chi connectivity index (χ0) is 32.1. The van der Waals surface area contributed by atoms with Gasteiger partial charge < -0.3 is 9.88 Å². The summed E-state index contributed by atoms with van der Waals surface area (Å²) in [6.45, 7) is 3.24. The molecule has 3 unspecified atom stereocenters. The topological polar surface area (TPSA) is 110 Å². The van der Waals surface area contributed by atoms with Crippen LogP contribution in [0.3, 0.4) is 0 Å². The Labute approximate surface area is 271 Å². The predicted octanol–water partition coefficient (Wildman–Crippen LogP) is 6.18. The minimum absolute atomic E-state index is 0.0544. The largest absolute Gasteiger partial charge is 0.349 e. The number of carbonyl (C=O) groups is 1. The Balaban J connectivity index is 1.01. The maximum Gasteiger partial charge on any atom is 0.254 e. The van der Waals surface area contributed by atoms with E-state index in [4.69, 9.17) is 10.1 Å². The molecule has 244 valence electrons. The number of para-hydroxylation sites is 2. The van der Waals surface area contributed by atoms with Crippen molar-refractivity contribution in [1.82, 2.24) is 19.8 Å². The van der Waals surface area contributed by atoms with Gasteiger partial charge in [-0.1, -0.05) is 36.4 Å². The van der Waals surface area contributed by atoms with Crippen molar-refractivity contribution in [3.05, 3.63) is 84.0 Å². The molecule has 2 bridgehead atoms. The highest BCUT2D eigenvalue weighted by Gasteiger charge is 2.45. The van der Waals surface area contributed by atoms with E-state index in [-0.39, 0.29) is 21.9 Å². The predicted molar refractivity (Wildman–Crippen MR) is 177 cm³/mol. The molecular formula is C36H44FN5O3S. The molecule has 0 spiro atoms. The summed E-state index contributed by atoms with van der Waals surface area (Å²) in [5, 5.41) is 8.15. The van der Waals surface area contributed by atoms with Gasteiger partial charge >= 0.3 is 0 Å². The summed E-state index contributed by atoms with van der Waals surface area (Å²) in [6.07, 6.45) is 19.7. The van der Waals surface area contributed by atoms with E-state index in [0.717, 1.165) is 62.5 Å². The molecular weight excluding hydrogens is 601 g/mol. The lowest BCUT2D eigenvalue weighted by Crippen LogP contribution is -2.47. The van der Waals surface area contributed by atoms with Gasteiger partial charge in [0.15, 0.2) is 0 Å². The molecule has 10 heteroatoms. The summed E-state index contributed by atoms with van der Waals surface area (Å²) in [4.78, 5) is 20.3. The minimum Gasteiger partial charge on any atom is -0.349 e. The summed E-state index contributed by atoms with van der Waals surface area (Å²) in [6, 6.07) is 13.3. The van der Waals surface area contributed by atoms with E-state index in [2.05, 4.69) is 70.3 Å². The number of nitrogens with one attached hydrogen (secondary N) is 1. The molecule has 3 atom stereocenters. The number of rotatable bonds is 8. The lowest BCUT2D eigenvalue weighted by atomic mass is 9.61. The van der Waals surface area contributed by atoms with E-state index >= 15 is 0 Å². The van der Waals surface area contributed by atoms with Gasteiger partial charge in [-0.25, -0.2) is 22.9 Å². The summed E-state index contributed by atoms with van der Waals surface area (Å²) in [5.74, 6) is 0.176. The van der Waals surface area contributed by atoms with Gasteiger partial charge in [-0.05, 0) is 119 Å². The number of sulfonamides is 1. The van der Waals surface area contributed by atoms with Crippen LogP contribution in [0.2, 0.25) is 0 Å². The van der Waals surface area contributed by atoms with Crippen LogP contribution in [-0.2, 0) is 10.0 Å². The molecule has 1 saturated carbocycles. The standard InChI is InChI=1S/C36H44FN5O3S/c1-24-39-33-9-5-6-10-34(33)42(24)29-21-27-11-12-28(22-29)41(27)20-19-36(25-7-3-2-4-8-25)17-15-26(16-18-36)40-35(43)31-14-13-30(23-32(31)37)46(38,44)45/h2-7,9-10,13-14,23,25-29H,8,11-12,15-22H2,1H3,(H,40,43)(H2,38,44,45). The second-order valence-corrected chi connectivity index (χ2v) is 15.5. The molecule has 8 nitrogen and oxygen atoms in total. The summed E-state index contributed by atoms with van der Waals surface area (Å²) in [7, 11) is -4.05. The third-order valence-corrected chi connectivity index (χ3v) is 12.4. The molecule has 7 rings (SSSR count). The Morgan fingerprint density at radius 1 is 1.04 bits per heavy atom. The number of piperidine rings is 1. The number of primary sulfonamides is 1. The van der Waals surface area contributed by atoms with Gasteiger partial charge in [-0.3, -0.25) is 9.69 Å². The van der Waals surface area contributed by atoms with E-state index in [1.165, 1.54) is 43.3 Å². The fraction of sp³-hybridized carbons (Fsp3) is 0.500. The summed E-state index contributed by atoms with van der Waals surface area (Å²) < 4.78 is 40.3. The third kappa shape index (κ3) is 5.95. The maximum atomic E-state index is 14.7. The molecule has 46 heavy (non-hydrogen) atoms. The Bertz CT molecular complexity index is 1780. The molecule has 3 heterocycles. The second-order valence-electron chi connectivity index (χ2n) is 14.0. The first kappa shape index (κ1) is 31.3. The zero-order valence-electron chi connectivity index (χ0n) is 26.4. The molecule has 1 aromatic heterocycles. The number of benzene rings is 2. The number of aromatic nitrogens is 2. The molecule has 2 saturated heterocycles. The van der Waals surface area contributed by atoms with E-state index < -0.39 is 21.7 Å². The fourth-order valence-electron chi connectivity index (χ4n) is 9.10. The number of allylic oxidation sites excluding steroid dienone is 4. The molecule has 2 aliphatic carbocycles. The summed E-state index contributed by atoms with van der Waals surface area (Å²) in [5.41, 5.74) is 2.32. The van der Waals surface area contributed by atoms with Crippen LogP contribution >= 0.6 is 0 Å². The molecule has 3 N–H and O–H groups in total. The van der Waals surface area contributed by atoms with Crippen LogP contribution in [0.15, 0.2) is 71.7 Å². The van der Waals surface area contributed by atoms with E-state index in [0.29, 0.717) is 24.0 Å². The number of imidazole rings is 1. The van der Waals surface area contributed by atoms with Crippen molar-refractivity contribution in [2.75, 3.05) is 6.54 Å². The molecule has 1 amide bonds. The highest BCUT2D eigenvalue weighted by Crippen LogP contribution is 2.50. The lowest BCUT2D eigenvalue weighted by Gasteiger charge is -2.48. The SMILES string of the molecule is Cc1nc2ccccc2n1C1CC2CCC(C1)N2CCC1(C2C=CC=CC2)CCC(NC(=O)c2ccc(S(N)(=O)=O)cc2F)CC1. The van der Waals surface area contributed by atoms with E-state index in [1.807, 2.05) is 0 Å². The number of amides is 1. The van der Waals surface area contributed by atoms with Gasteiger partial charge in [0.05, 0.1) is 21.5 Å². The van der Waals surface area contributed by atoms with Crippen molar-refractivity contribution in [3.63, 3.8) is 0 Å². The molecule has 3 fully saturated rings. The van der Waals surface area contributed by atoms with Crippen molar-refractivity contribution < 1.29 is 17.6 Å². The smallest absolute Gasteiger partial charge is 0.254 e. The van der Waals surface area contributed by atoms with Gasteiger partial charge in [0, 0.05) is 24.2 Å². The number of hydrogen-bond acceptors (Lipinski definition) is 5. The average molecular weight is 646 g/mol. The molecule has 2 aromatic carbocycles. The van der Waals surface area contributed by atoms with Gasteiger partial charge in [0.25, 0.3) is 5.91 Å². The van der Waals surface area contributed by atoms with Crippen LogP contribution in [0.1, 0.15) is 86.4 Å². The van der Waals surface area contributed by atoms with E-state index in [9.17, 15) is 17.6 Å². The maximum absolute atomic E-state index is 14.7. The van der Waals surface area contributed by atoms with Gasteiger partial charge in [-0.15, -0.1) is 0 Å². The Hall–Kier alpha value is -3.34. The number of aryl methyl sites for hydroxylation is 1. The third-order valence-electron chi connectivity index (χ3n) is 11.5. The van der Waals surface area contributed by atoms with Crippen LogP contribution in [0.5, 0.6) is 0 Å². The zero-order valence-corrected chi connectivity index (χ0v) is 27.3. The van der Waals surface area contributed by atoms with Crippen LogP contribution in [0.25, 0.3) is 11.0 Å². The monoisotopic (exact) mass is 645 g/mol. The second kappa shape index (κ2) is 12.4. The molecule has 0 radical (unpaired) electrons. The average Bonchev–Trinajstić information content (AvgIpc) is 3.50. The van der Waals surface area contributed by atoms with Crippen molar-refractivity contribution in [1.29, 1.82) is 0 Å². The Morgan fingerprint density at radius 2 is 1.78 bits per heavy atom. The van der Waals surface area contributed by atoms with E-state index in [1.54, 1.807) is 0 Å². The molecule has 3 aromatic rings. The van der Waals surface area contributed by atoms with Crippen LogP contribution in [-0.4, -0.2) is 53.4 Å². The van der Waals surface area contributed by atoms with Crippen LogP contribution in [0, 0.1) is 24.1 Å². The first-order valence-corrected chi connectivity index (χ1v) is 18.3. The van der Waals surface area contributed by atoms with Crippen molar-refractivity contribution in [2.24, 2.45) is 16.5 Å². The first-order valence-electron chi connectivity index (χ1n) is 16.8. The normalized spacial score (nSPS) is 29.8. The van der Waals surface area contributed by atoms with Crippen molar-refractivity contribution in [3.8, 4) is 0 Å².